The Bertz CT molecular complexity index is 377. The SMILES string of the molecule is CCOC(=O)c1cc2n(n1)C[C@@H](F)CO2. The zero-order valence-electron chi connectivity index (χ0n) is 8.27. The lowest BCUT2D eigenvalue weighted by molar-refractivity contribution is 0.0517. The Morgan fingerprint density at radius 1 is 1.87 bits per heavy atom. The molecule has 0 saturated carbocycles. The highest BCUT2D eigenvalue weighted by molar-refractivity contribution is 5.87. The van der Waals surface area contributed by atoms with Crippen molar-refractivity contribution in [2.75, 3.05) is 13.2 Å². The maximum Gasteiger partial charge on any atom is 0.358 e. The first-order valence-corrected chi connectivity index (χ1v) is 4.72. The van der Waals surface area contributed by atoms with Gasteiger partial charge in [-0.25, -0.2) is 13.9 Å². The zero-order chi connectivity index (χ0) is 10.8. The summed E-state index contributed by atoms with van der Waals surface area (Å²) in [5.41, 5.74) is 0.154. The number of carbonyl (C=O) groups excluding carboxylic acids is 1. The van der Waals surface area contributed by atoms with Crippen molar-refractivity contribution in [3.63, 3.8) is 0 Å². The molecule has 0 spiro atoms. The average molecular weight is 214 g/mol. The number of fused-ring (bicyclic) bond motifs is 1. The largest absolute Gasteiger partial charge is 0.475 e. The van der Waals surface area contributed by atoms with E-state index >= 15 is 0 Å². The Hall–Kier alpha value is -1.59. The van der Waals surface area contributed by atoms with E-state index in [4.69, 9.17) is 9.47 Å². The lowest BCUT2D eigenvalue weighted by atomic mass is 10.4. The van der Waals surface area contributed by atoms with Gasteiger partial charge in [-0.1, -0.05) is 0 Å². The molecule has 0 fully saturated rings. The van der Waals surface area contributed by atoms with Gasteiger partial charge in [-0.05, 0) is 6.92 Å². The minimum absolute atomic E-state index is 0.00790. The molecule has 6 heteroatoms. The third-order valence-corrected chi connectivity index (χ3v) is 2.01. The van der Waals surface area contributed by atoms with E-state index in [1.165, 1.54) is 10.7 Å². The van der Waals surface area contributed by atoms with E-state index in [1.807, 2.05) is 0 Å². The molecule has 0 unspecified atom stereocenters. The minimum Gasteiger partial charge on any atom is -0.475 e. The van der Waals surface area contributed by atoms with Crippen LogP contribution < -0.4 is 4.74 Å². The first-order chi connectivity index (χ1) is 7.20. The minimum atomic E-state index is -1.08. The number of esters is 1. The number of aromatic nitrogens is 2. The maximum absolute atomic E-state index is 12.9. The summed E-state index contributed by atoms with van der Waals surface area (Å²) < 4.78 is 24.1. The third kappa shape index (κ3) is 1.93. The van der Waals surface area contributed by atoms with Crippen LogP contribution in [0.2, 0.25) is 0 Å². The van der Waals surface area contributed by atoms with Gasteiger partial charge in [0.15, 0.2) is 11.9 Å². The molecule has 2 heterocycles. The molecule has 1 atom stereocenters. The molecule has 1 aliphatic rings. The predicted octanol–water partition coefficient (Wildman–Crippen LogP) is 0.790. The Kier molecular flexibility index (Phi) is 2.57. The van der Waals surface area contributed by atoms with E-state index in [1.54, 1.807) is 6.92 Å². The topological polar surface area (TPSA) is 53.4 Å². The van der Waals surface area contributed by atoms with Gasteiger partial charge in [-0.2, -0.15) is 5.10 Å². The van der Waals surface area contributed by atoms with Crippen LogP contribution in [-0.4, -0.2) is 35.1 Å². The second kappa shape index (κ2) is 3.88. The molecular formula is C9H11FN2O3. The summed E-state index contributed by atoms with van der Waals surface area (Å²) in [5.74, 6) is -0.106. The van der Waals surface area contributed by atoms with Gasteiger partial charge >= 0.3 is 5.97 Å². The third-order valence-electron chi connectivity index (χ3n) is 2.01. The second-order valence-corrected chi connectivity index (χ2v) is 3.18. The van der Waals surface area contributed by atoms with E-state index in [0.717, 1.165) is 0 Å². The first kappa shape index (κ1) is 9.95. The summed E-state index contributed by atoms with van der Waals surface area (Å²) in [6, 6.07) is 1.46. The summed E-state index contributed by atoms with van der Waals surface area (Å²) in [7, 11) is 0. The molecule has 1 aliphatic heterocycles. The number of nitrogens with zero attached hydrogens (tertiary/aromatic N) is 2. The molecule has 0 aromatic carbocycles. The molecule has 82 valence electrons. The van der Waals surface area contributed by atoms with Crippen molar-refractivity contribution in [3.8, 4) is 5.88 Å². The molecule has 1 aromatic heterocycles. The Morgan fingerprint density at radius 2 is 2.67 bits per heavy atom. The predicted molar refractivity (Wildman–Crippen MR) is 48.6 cm³/mol. The lowest BCUT2D eigenvalue weighted by Crippen LogP contribution is -2.26. The van der Waals surface area contributed by atoms with E-state index in [9.17, 15) is 9.18 Å². The van der Waals surface area contributed by atoms with Crippen LogP contribution in [0.3, 0.4) is 0 Å². The number of alkyl halides is 1. The Balaban J connectivity index is 2.19. The zero-order valence-corrected chi connectivity index (χ0v) is 8.27. The highest BCUT2D eigenvalue weighted by atomic mass is 19.1. The van der Waals surface area contributed by atoms with E-state index in [2.05, 4.69) is 5.10 Å². The lowest BCUT2D eigenvalue weighted by Gasteiger charge is -2.17. The molecule has 2 rings (SSSR count). The van der Waals surface area contributed by atoms with Gasteiger partial charge in [0, 0.05) is 6.07 Å². The molecule has 0 aliphatic carbocycles. The fourth-order valence-electron chi connectivity index (χ4n) is 1.37. The quantitative estimate of drug-likeness (QED) is 0.683. The van der Waals surface area contributed by atoms with Crippen LogP contribution in [0, 0.1) is 0 Å². The van der Waals surface area contributed by atoms with Crippen LogP contribution in [0.15, 0.2) is 6.07 Å². The highest BCUT2D eigenvalue weighted by Gasteiger charge is 2.23. The van der Waals surface area contributed by atoms with Gasteiger partial charge in [0.1, 0.15) is 6.61 Å². The van der Waals surface area contributed by atoms with Crippen molar-refractivity contribution in [1.29, 1.82) is 0 Å². The van der Waals surface area contributed by atoms with Crippen LogP contribution in [0.1, 0.15) is 17.4 Å². The van der Waals surface area contributed by atoms with Crippen LogP contribution in [0.25, 0.3) is 0 Å². The molecule has 15 heavy (non-hydrogen) atoms. The summed E-state index contributed by atoms with van der Waals surface area (Å²) in [5, 5.41) is 3.90. The number of hydrogen-bond donors (Lipinski definition) is 0. The normalized spacial score (nSPS) is 19.2. The summed E-state index contributed by atoms with van der Waals surface area (Å²) in [4.78, 5) is 11.3. The van der Waals surface area contributed by atoms with E-state index in [0.29, 0.717) is 5.88 Å². The number of carbonyl (C=O) groups is 1. The number of ether oxygens (including phenoxy) is 2. The van der Waals surface area contributed by atoms with Crippen molar-refractivity contribution in [3.05, 3.63) is 11.8 Å². The Morgan fingerprint density at radius 3 is 3.40 bits per heavy atom. The van der Waals surface area contributed by atoms with Gasteiger partial charge in [0.25, 0.3) is 0 Å². The maximum atomic E-state index is 12.9. The Labute approximate surface area is 85.8 Å². The van der Waals surface area contributed by atoms with Crippen LogP contribution in [0.4, 0.5) is 4.39 Å². The molecule has 0 saturated heterocycles. The summed E-state index contributed by atoms with van der Waals surface area (Å²) >= 11 is 0. The number of rotatable bonds is 2. The summed E-state index contributed by atoms with van der Waals surface area (Å²) in [6.45, 7) is 2.12. The van der Waals surface area contributed by atoms with Crippen LogP contribution in [0.5, 0.6) is 5.88 Å². The van der Waals surface area contributed by atoms with Crippen molar-refractivity contribution in [1.82, 2.24) is 9.78 Å². The van der Waals surface area contributed by atoms with Crippen molar-refractivity contribution < 1.29 is 18.7 Å². The van der Waals surface area contributed by atoms with Gasteiger partial charge in [-0.15, -0.1) is 0 Å². The standard InChI is InChI=1S/C9H11FN2O3/c1-2-14-9(13)7-3-8-12(11-7)4-6(10)5-15-8/h3,6H,2,4-5H2,1H3/t6-/m1/s1. The smallest absolute Gasteiger partial charge is 0.358 e. The average Bonchev–Trinajstić information content (AvgIpc) is 2.60. The molecule has 0 radical (unpaired) electrons. The van der Waals surface area contributed by atoms with Crippen LogP contribution in [-0.2, 0) is 11.3 Å². The van der Waals surface area contributed by atoms with Crippen molar-refractivity contribution >= 4 is 5.97 Å². The molecule has 1 aromatic rings. The second-order valence-electron chi connectivity index (χ2n) is 3.18. The van der Waals surface area contributed by atoms with E-state index < -0.39 is 12.1 Å². The monoisotopic (exact) mass is 214 g/mol. The van der Waals surface area contributed by atoms with Crippen molar-refractivity contribution in [2.24, 2.45) is 0 Å². The van der Waals surface area contributed by atoms with Crippen molar-refractivity contribution in [2.45, 2.75) is 19.6 Å². The molecule has 0 bridgehead atoms. The van der Waals surface area contributed by atoms with Gasteiger partial charge < -0.3 is 9.47 Å². The first-order valence-electron chi connectivity index (χ1n) is 4.72. The van der Waals surface area contributed by atoms with E-state index in [-0.39, 0.29) is 25.5 Å². The number of halogens is 1. The fraction of sp³-hybridized carbons (Fsp3) is 0.556. The highest BCUT2D eigenvalue weighted by Crippen LogP contribution is 2.20. The summed E-state index contributed by atoms with van der Waals surface area (Å²) in [6.07, 6.45) is -1.08. The molecule has 0 amide bonds. The molecule has 5 nitrogen and oxygen atoms in total. The fourth-order valence-corrected chi connectivity index (χ4v) is 1.37. The van der Waals surface area contributed by atoms with Gasteiger partial charge in [0.05, 0.1) is 13.2 Å². The van der Waals surface area contributed by atoms with Gasteiger partial charge in [0.2, 0.25) is 5.88 Å². The number of hydrogen-bond acceptors (Lipinski definition) is 4. The van der Waals surface area contributed by atoms with Gasteiger partial charge in [-0.3, -0.25) is 0 Å². The van der Waals surface area contributed by atoms with Crippen LogP contribution >= 0.6 is 0 Å². The molecule has 0 N–H and O–H groups in total. The molecular weight excluding hydrogens is 203 g/mol.